The third kappa shape index (κ3) is 23.1. The Labute approximate surface area is 548 Å². The molecule has 12 atom stereocenters. The summed E-state index contributed by atoms with van der Waals surface area (Å²) in [5.74, 6) is -6.45. The molecule has 2 aromatic rings. The number of likely N-dealkylation sites (tertiary alicyclic amines) is 2. The Bertz CT molecular complexity index is 2810. The van der Waals surface area contributed by atoms with Crippen LogP contribution in [0.3, 0.4) is 0 Å². The minimum absolute atomic E-state index is 0.0840. The topological polar surface area (TPSA) is 361 Å². The van der Waals surface area contributed by atoms with E-state index in [1.54, 1.807) is 104 Å². The number of rotatable bonds is 37. The number of benzene rings is 2. The SMILES string of the molecule is CC[C@H](C)[C@@H]([C@@H](CC(=O)N1CCC[C@H]1[C@H]([O-])[C@@H](C)C(=O)N[C@H](C)[C@@H](O)c1ccccc1)OC)N(C)C(=O)[C@@H](NC(=O)[C@H](C(C)C)N(C)C(=O)OCc1ccc(NC(=O)[C@H](CCCNC(N)=O)NC(=O)[C@@H](NC(=O)CCCCCN2C(=O)CCC2=O)C(C)C)cc1)C(C)C. The van der Waals surface area contributed by atoms with Gasteiger partial charge in [-0.05, 0) is 92.4 Å². The highest BCUT2D eigenvalue weighted by Gasteiger charge is 2.42. The van der Waals surface area contributed by atoms with Gasteiger partial charge in [0.15, 0.2) is 0 Å². The van der Waals surface area contributed by atoms with Crippen molar-refractivity contribution in [2.24, 2.45) is 35.3 Å². The standard InChI is InChI=1S/C67H104N11O15/c1-14-42(8)58(50(92-13)37-54(82)77-36-22-26-49(77)59(83)43(9)61(85)70-44(10)60(84)46-23-17-15-18-24-46)75(11)65(89)56(40(4)5)74-64(88)57(41(6)7)76(12)67(91)93-38-45-28-30-47(31-29-45)71-62(86)48(25-21-34-69-66(68)90)72-63(87)55(39(2)3)73-51(79)27-19-16-20-35-78-52(80)32-33-53(78)81/h15,17-18,23-24,28-31,39-44,48-50,55-60,84H,14,16,19-22,25-27,32-38H2,1-13H3,(H,70,85)(H,71,86)(H,72,87)(H,73,79)(H,74,88)(H3,68,69,90)/q-1/t42-,43+,44+,48-,49-,50+,55-,56-,57-,58-,59+,60+/m0/s1. The number of imide groups is 1. The number of amides is 12. The highest BCUT2D eigenvalue weighted by atomic mass is 16.6. The van der Waals surface area contributed by atoms with Crippen LogP contribution in [0.25, 0.3) is 0 Å². The summed E-state index contributed by atoms with van der Waals surface area (Å²) >= 11 is 0. The van der Waals surface area contributed by atoms with Crippen molar-refractivity contribution in [2.45, 2.75) is 213 Å². The second kappa shape index (κ2) is 37.9. The number of methoxy groups -OCH3 is 1. The molecule has 2 aliphatic heterocycles. The van der Waals surface area contributed by atoms with Crippen molar-refractivity contribution in [3.05, 3.63) is 65.7 Å². The molecule has 12 amide bonds. The Hall–Kier alpha value is -7.71. The van der Waals surface area contributed by atoms with Crippen molar-refractivity contribution >= 4 is 71.0 Å². The Morgan fingerprint density at radius 3 is 1.96 bits per heavy atom. The number of likely N-dealkylation sites (N-methyl/N-ethyl adjacent to an activating group) is 2. The van der Waals surface area contributed by atoms with Gasteiger partial charge in [-0.3, -0.25) is 53.0 Å². The molecule has 0 spiro atoms. The minimum atomic E-state index is -1.47. The van der Waals surface area contributed by atoms with Gasteiger partial charge in [-0.1, -0.05) is 124 Å². The summed E-state index contributed by atoms with van der Waals surface area (Å²) in [5.41, 5.74) is 6.71. The van der Waals surface area contributed by atoms with Crippen molar-refractivity contribution < 1.29 is 72.4 Å². The fraction of sp³-hybridized carbons (Fsp3) is 0.657. The number of hydrogen-bond donors (Lipinski definition) is 8. The molecule has 9 N–H and O–H groups in total. The monoisotopic (exact) mass is 1300 g/mol. The van der Waals surface area contributed by atoms with E-state index in [0.717, 1.165) is 4.90 Å². The summed E-state index contributed by atoms with van der Waals surface area (Å²) in [4.78, 5) is 152. The van der Waals surface area contributed by atoms with Gasteiger partial charge in [0.2, 0.25) is 53.2 Å². The van der Waals surface area contributed by atoms with E-state index >= 15 is 0 Å². The quantitative estimate of drug-likeness (QED) is 0.0350. The zero-order valence-corrected chi connectivity index (χ0v) is 56.7. The molecule has 0 unspecified atom stereocenters. The van der Waals surface area contributed by atoms with Crippen LogP contribution in [0, 0.1) is 29.6 Å². The summed E-state index contributed by atoms with van der Waals surface area (Å²) in [5, 5.41) is 41.4. The number of urea groups is 1. The molecule has 518 valence electrons. The van der Waals surface area contributed by atoms with Gasteiger partial charge < -0.3 is 67.1 Å². The first-order valence-electron chi connectivity index (χ1n) is 32.8. The first-order chi connectivity index (χ1) is 43.9. The van der Waals surface area contributed by atoms with Gasteiger partial charge in [0.1, 0.15) is 30.8 Å². The second-order valence-electron chi connectivity index (χ2n) is 25.8. The highest BCUT2D eigenvalue weighted by molar-refractivity contribution is 6.02. The number of aliphatic hydroxyl groups excluding tert-OH is 1. The third-order valence-corrected chi connectivity index (χ3v) is 17.7. The minimum Gasteiger partial charge on any atom is -0.850 e. The summed E-state index contributed by atoms with van der Waals surface area (Å²) < 4.78 is 11.7. The zero-order valence-electron chi connectivity index (χ0n) is 56.7. The van der Waals surface area contributed by atoms with Crippen LogP contribution >= 0.6 is 0 Å². The Morgan fingerprint density at radius 1 is 0.742 bits per heavy atom. The number of unbranched alkanes of at least 4 members (excludes halogenated alkanes) is 2. The highest BCUT2D eigenvalue weighted by Crippen LogP contribution is 2.29. The van der Waals surface area contributed by atoms with E-state index in [1.807, 2.05) is 19.9 Å². The van der Waals surface area contributed by atoms with Crippen molar-refractivity contribution in [2.75, 3.05) is 46.2 Å². The van der Waals surface area contributed by atoms with E-state index in [1.165, 1.54) is 35.8 Å². The summed E-state index contributed by atoms with van der Waals surface area (Å²) in [6, 6.07) is 8.03. The average Bonchev–Trinajstić information content (AvgIpc) is 1.79. The van der Waals surface area contributed by atoms with Crippen LogP contribution < -0.4 is 42.7 Å². The maximum Gasteiger partial charge on any atom is 0.410 e. The van der Waals surface area contributed by atoms with E-state index < -0.39 is 120 Å². The normalized spacial score (nSPS) is 17.6. The number of anilines is 1. The fourth-order valence-corrected chi connectivity index (χ4v) is 11.9. The van der Waals surface area contributed by atoms with Gasteiger partial charge >= 0.3 is 12.1 Å². The van der Waals surface area contributed by atoms with Gasteiger partial charge in [0.25, 0.3) is 0 Å². The van der Waals surface area contributed by atoms with Crippen molar-refractivity contribution in [3.63, 3.8) is 0 Å². The van der Waals surface area contributed by atoms with Crippen molar-refractivity contribution in [1.29, 1.82) is 0 Å². The predicted molar refractivity (Wildman–Crippen MR) is 346 cm³/mol. The van der Waals surface area contributed by atoms with Crippen LogP contribution in [0.15, 0.2) is 54.6 Å². The molecule has 93 heavy (non-hydrogen) atoms. The number of hydrogen-bond acceptors (Lipinski definition) is 15. The van der Waals surface area contributed by atoms with Gasteiger partial charge in [-0.15, -0.1) is 0 Å². The first-order valence-corrected chi connectivity index (χ1v) is 32.8. The van der Waals surface area contributed by atoms with Crippen LogP contribution in [-0.2, 0) is 59.2 Å². The molecule has 26 heteroatoms. The molecule has 26 nitrogen and oxygen atoms in total. The number of ether oxygens (including phenoxy) is 2. The van der Waals surface area contributed by atoms with Crippen LogP contribution in [0.5, 0.6) is 0 Å². The molecule has 4 rings (SSSR count). The van der Waals surface area contributed by atoms with Crippen LogP contribution in [0.2, 0.25) is 0 Å². The van der Waals surface area contributed by atoms with Crippen LogP contribution in [0.1, 0.15) is 164 Å². The molecule has 0 aromatic heterocycles. The maximum atomic E-state index is 14.7. The average molecular weight is 1300 g/mol. The van der Waals surface area contributed by atoms with Gasteiger partial charge in [-0.25, -0.2) is 9.59 Å². The van der Waals surface area contributed by atoms with Crippen molar-refractivity contribution in [1.82, 2.24) is 46.2 Å². The molecule has 0 radical (unpaired) electrons. The van der Waals surface area contributed by atoms with Gasteiger partial charge in [0, 0.05) is 77.7 Å². The molecule has 0 saturated carbocycles. The third-order valence-electron chi connectivity index (χ3n) is 17.7. The number of nitrogens with zero attached hydrogens (tertiary/aromatic N) is 4. The molecule has 0 aliphatic carbocycles. The number of nitrogens with two attached hydrogens (primary N) is 1. The van der Waals surface area contributed by atoms with E-state index in [0.29, 0.717) is 68.4 Å². The van der Waals surface area contributed by atoms with Gasteiger partial charge in [0.05, 0.1) is 30.7 Å². The molecule has 2 aromatic carbocycles. The second-order valence-corrected chi connectivity index (χ2v) is 25.8. The van der Waals surface area contributed by atoms with Gasteiger partial charge in [-0.2, -0.15) is 0 Å². The fourth-order valence-electron chi connectivity index (χ4n) is 11.9. The largest absolute Gasteiger partial charge is 0.850 e. The van der Waals surface area contributed by atoms with Crippen LogP contribution in [0.4, 0.5) is 15.3 Å². The lowest BCUT2D eigenvalue weighted by Gasteiger charge is -2.42. The van der Waals surface area contributed by atoms with E-state index in [-0.39, 0.29) is 87.1 Å². The van der Waals surface area contributed by atoms with E-state index in [4.69, 9.17) is 15.2 Å². The summed E-state index contributed by atoms with van der Waals surface area (Å²) in [6.07, 6.45) is -0.345. The molecule has 0 bridgehead atoms. The smallest absolute Gasteiger partial charge is 0.410 e. The number of aliphatic hydroxyl groups is 1. The van der Waals surface area contributed by atoms with Crippen LogP contribution in [-0.4, -0.2) is 185 Å². The number of primary amides is 1. The molecular weight excluding hydrogens is 1200 g/mol. The molecule has 2 fully saturated rings. The lowest BCUT2D eigenvalue weighted by molar-refractivity contribution is -0.438. The number of nitrogens with one attached hydrogen (secondary N) is 6. The molecule has 2 aliphatic rings. The summed E-state index contributed by atoms with van der Waals surface area (Å²) in [6.45, 7) is 18.1. The lowest BCUT2D eigenvalue weighted by Crippen LogP contribution is -2.60. The Morgan fingerprint density at radius 2 is 1.38 bits per heavy atom. The summed E-state index contributed by atoms with van der Waals surface area (Å²) in [7, 11) is 4.47. The molecule has 2 heterocycles. The lowest BCUT2D eigenvalue weighted by atomic mass is 9.89. The van der Waals surface area contributed by atoms with Crippen molar-refractivity contribution in [3.8, 4) is 0 Å². The zero-order chi connectivity index (χ0) is 69.4. The predicted octanol–water partition coefficient (Wildman–Crippen LogP) is 4.01. The Balaban J connectivity index is 1.36. The number of carbonyl (C=O) groups is 11. The van der Waals surface area contributed by atoms with E-state index in [9.17, 15) is 63.0 Å². The molecule has 2 saturated heterocycles. The maximum absolute atomic E-state index is 14.7. The van der Waals surface area contributed by atoms with E-state index in [2.05, 4.69) is 31.9 Å². The molecular formula is C67H104N11O15-. The number of carbonyl (C=O) groups excluding carboxylic acids is 11. The Kier molecular flexibility index (Phi) is 31.6. The first kappa shape index (κ1) is 77.7.